The minimum atomic E-state index is -0.107. The van der Waals surface area contributed by atoms with Crippen LogP contribution in [0.5, 0.6) is 5.75 Å². The highest BCUT2D eigenvalue weighted by atomic mass is 35.5. The number of amides is 1. The molecule has 34 heavy (non-hydrogen) atoms. The molecule has 0 aliphatic carbocycles. The topological polar surface area (TPSA) is 63.9 Å². The van der Waals surface area contributed by atoms with Crippen molar-refractivity contribution in [1.82, 2.24) is 10.2 Å². The fourth-order valence-corrected chi connectivity index (χ4v) is 4.52. The number of aryl methyl sites for hydroxylation is 1. The number of halogens is 1. The largest absolute Gasteiger partial charge is 0.496 e. The molecule has 3 aromatic rings. The number of carbonyl (C=O) groups is 1. The predicted molar refractivity (Wildman–Crippen MR) is 136 cm³/mol. The number of ether oxygens (including phenoxy) is 2. The van der Waals surface area contributed by atoms with E-state index in [4.69, 9.17) is 25.5 Å². The molecule has 1 saturated heterocycles. The molecule has 1 aliphatic heterocycles. The summed E-state index contributed by atoms with van der Waals surface area (Å²) in [4.78, 5) is 15.0. The molecule has 2 aromatic carbocycles. The zero-order valence-corrected chi connectivity index (χ0v) is 20.7. The lowest BCUT2D eigenvalue weighted by atomic mass is 9.96. The van der Waals surface area contributed by atoms with Gasteiger partial charge < -0.3 is 19.2 Å². The van der Waals surface area contributed by atoms with Crippen LogP contribution in [0.1, 0.15) is 24.5 Å². The number of nitrogens with zero attached hydrogens (tertiary/aromatic N) is 1. The van der Waals surface area contributed by atoms with Gasteiger partial charge in [-0.05, 0) is 56.1 Å². The summed E-state index contributed by atoms with van der Waals surface area (Å²) in [7, 11) is 1.64. The monoisotopic (exact) mass is 482 g/mol. The molecule has 1 aliphatic rings. The second-order valence-electron chi connectivity index (χ2n) is 8.54. The van der Waals surface area contributed by atoms with Gasteiger partial charge in [-0.1, -0.05) is 23.7 Å². The van der Waals surface area contributed by atoms with E-state index < -0.39 is 0 Å². The van der Waals surface area contributed by atoms with Crippen LogP contribution in [0.4, 0.5) is 0 Å². The lowest BCUT2D eigenvalue weighted by molar-refractivity contribution is -0.116. The van der Waals surface area contributed by atoms with Gasteiger partial charge >= 0.3 is 0 Å². The number of rotatable bonds is 8. The van der Waals surface area contributed by atoms with Crippen LogP contribution in [-0.4, -0.2) is 57.3 Å². The molecule has 0 atom stereocenters. The van der Waals surface area contributed by atoms with Gasteiger partial charge in [0.15, 0.2) is 0 Å². The molecule has 0 bridgehead atoms. The Balaban J connectivity index is 1.53. The standard InChI is InChI=1S/C27H31ClN2O4/c1-18(15-25(31)29-9-4-10-30-11-13-33-14-12-30)22-16-23-24(20-5-7-21(28)8-6-20)17-34-27(23)19(2)26(22)32-3/h5-8,15-17H,4,9-14H2,1-3H3,(H,29,31)/b18-15+. The highest BCUT2D eigenvalue weighted by Gasteiger charge is 2.19. The molecule has 1 fully saturated rings. The Bertz CT molecular complexity index is 1180. The Labute approximate surface area is 205 Å². The van der Waals surface area contributed by atoms with Crippen LogP contribution in [0, 0.1) is 6.92 Å². The van der Waals surface area contributed by atoms with E-state index in [0.29, 0.717) is 17.3 Å². The van der Waals surface area contributed by atoms with E-state index in [0.717, 1.165) is 78.1 Å². The van der Waals surface area contributed by atoms with Crippen LogP contribution < -0.4 is 10.1 Å². The van der Waals surface area contributed by atoms with Gasteiger partial charge in [-0.15, -0.1) is 0 Å². The third kappa shape index (κ3) is 5.46. The zero-order valence-electron chi connectivity index (χ0n) is 19.9. The van der Waals surface area contributed by atoms with Crippen LogP contribution in [0.3, 0.4) is 0 Å². The number of hydrogen-bond acceptors (Lipinski definition) is 5. The van der Waals surface area contributed by atoms with Crippen LogP contribution in [-0.2, 0) is 9.53 Å². The van der Waals surface area contributed by atoms with Crippen molar-refractivity contribution in [1.29, 1.82) is 0 Å². The van der Waals surface area contributed by atoms with Crippen LogP contribution in [0.2, 0.25) is 5.02 Å². The van der Waals surface area contributed by atoms with Crippen molar-refractivity contribution in [2.24, 2.45) is 0 Å². The molecule has 7 heteroatoms. The van der Waals surface area contributed by atoms with Gasteiger partial charge in [0.1, 0.15) is 11.3 Å². The van der Waals surface area contributed by atoms with Crippen LogP contribution in [0.25, 0.3) is 27.7 Å². The molecule has 180 valence electrons. The van der Waals surface area contributed by atoms with E-state index in [-0.39, 0.29) is 5.91 Å². The predicted octanol–water partition coefficient (Wildman–Crippen LogP) is 5.31. The van der Waals surface area contributed by atoms with Crippen molar-refractivity contribution in [3.8, 4) is 16.9 Å². The second-order valence-corrected chi connectivity index (χ2v) is 8.98. The van der Waals surface area contributed by atoms with Gasteiger partial charge in [0.2, 0.25) is 5.91 Å². The van der Waals surface area contributed by atoms with E-state index in [1.807, 2.05) is 44.2 Å². The van der Waals surface area contributed by atoms with Gasteiger partial charge in [-0.25, -0.2) is 0 Å². The number of nitrogens with one attached hydrogen (secondary N) is 1. The number of methoxy groups -OCH3 is 1. The lowest BCUT2D eigenvalue weighted by Gasteiger charge is -2.26. The molecule has 0 unspecified atom stereocenters. The fourth-order valence-electron chi connectivity index (χ4n) is 4.39. The number of benzene rings is 2. The summed E-state index contributed by atoms with van der Waals surface area (Å²) in [6, 6.07) is 9.70. The smallest absolute Gasteiger partial charge is 0.244 e. The Morgan fingerprint density at radius 2 is 1.97 bits per heavy atom. The number of allylic oxidation sites excluding steroid dienone is 1. The van der Waals surface area contributed by atoms with E-state index in [1.165, 1.54) is 0 Å². The summed E-state index contributed by atoms with van der Waals surface area (Å²) in [5.41, 5.74) is 5.35. The minimum absolute atomic E-state index is 0.107. The quantitative estimate of drug-likeness (QED) is 0.348. The average molecular weight is 483 g/mol. The summed E-state index contributed by atoms with van der Waals surface area (Å²) in [6.07, 6.45) is 4.30. The Hall–Kier alpha value is -2.80. The molecule has 2 heterocycles. The van der Waals surface area contributed by atoms with Crippen LogP contribution >= 0.6 is 11.6 Å². The molecule has 4 rings (SSSR count). The first-order valence-corrected chi connectivity index (χ1v) is 12.0. The molecule has 1 amide bonds. The molecular formula is C27H31ClN2O4. The fraction of sp³-hybridized carbons (Fsp3) is 0.370. The first kappa shape index (κ1) is 24.3. The lowest BCUT2D eigenvalue weighted by Crippen LogP contribution is -2.38. The first-order valence-electron chi connectivity index (χ1n) is 11.6. The van der Waals surface area contributed by atoms with Crippen molar-refractivity contribution < 1.29 is 18.7 Å². The van der Waals surface area contributed by atoms with Gasteiger partial charge in [0.05, 0.1) is 26.6 Å². The summed E-state index contributed by atoms with van der Waals surface area (Å²) < 4.78 is 17.0. The van der Waals surface area contributed by atoms with Crippen molar-refractivity contribution in [3.05, 3.63) is 58.8 Å². The van der Waals surface area contributed by atoms with Gasteiger partial charge in [0, 0.05) is 52.8 Å². The van der Waals surface area contributed by atoms with E-state index >= 15 is 0 Å². The third-order valence-corrected chi connectivity index (χ3v) is 6.48. The SMILES string of the molecule is COc1c(/C(C)=C/C(=O)NCCCN2CCOCC2)cc2c(-c3ccc(Cl)cc3)coc2c1C. The van der Waals surface area contributed by atoms with Gasteiger partial charge in [0.25, 0.3) is 0 Å². The minimum Gasteiger partial charge on any atom is -0.496 e. The normalized spacial score (nSPS) is 15.0. The molecule has 6 nitrogen and oxygen atoms in total. The van der Waals surface area contributed by atoms with Crippen molar-refractivity contribution in [3.63, 3.8) is 0 Å². The highest BCUT2D eigenvalue weighted by molar-refractivity contribution is 6.30. The summed E-state index contributed by atoms with van der Waals surface area (Å²) >= 11 is 6.06. The van der Waals surface area contributed by atoms with E-state index in [1.54, 1.807) is 19.4 Å². The maximum absolute atomic E-state index is 12.6. The third-order valence-electron chi connectivity index (χ3n) is 6.23. The average Bonchev–Trinajstić information content (AvgIpc) is 3.27. The number of fused-ring (bicyclic) bond motifs is 1. The van der Waals surface area contributed by atoms with Crippen molar-refractivity contribution in [2.45, 2.75) is 20.3 Å². The van der Waals surface area contributed by atoms with E-state index in [2.05, 4.69) is 10.2 Å². The summed E-state index contributed by atoms with van der Waals surface area (Å²) in [5.74, 6) is 0.600. The van der Waals surface area contributed by atoms with Crippen molar-refractivity contribution in [2.75, 3.05) is 46.5 Å². The highest BCUT2D eigenvalue weighted by Crippen LogP contribution is 2.40. The number of furan rings is 1. The Morgan fingerprint density at radius 3 is 2.68 bits per heavy atom. The molecule has 1 aromatic heterocycles. The second kappa shape index (κ2) is 11.1. The van der Waals surface area contributed by atoms with Crippen LogP contribution in [0.15, 0.2) is 47.1 Å². The molecular weight excluding hydrogens is 452 g/mol. The molecule has 1 N–H and O–H groups in total. The summed E-state index contributed by atoms with van der Waals surface area (Å²) in [5, 5.41) is 4.66. The number of hydrogen-bond donors (Lipinski definition) is 1. The maximum Gasteiger partial charge on any atom is 0.244 e. The summed E-state index contributed by atoms with van der Waals surface area (Å²) in [6.45, 7) is 8.99. The maximum atomic E-state index is 12.6. The Morgan fingerprint density at radius 1 is 1.24 bits per heavy atom. The zero-order chi connectivity index (χ0) is 24.1. The number of carbonyl (C=O) groups excluding carboxylic acids is 1. The van der Waals surface area contributed by atoms with E-state index in [9.17, 15) is 4.79 Å². The molecule has 0 saturated carbocycles. The van der Waals surface area contributed by atoms with Gasteiger partial charge in [-0.3, -0.25) is 9.69 Å². The molecule has 0 radical (unpaired) electrons. The van der Waals surface area contributed by atoms with Gasteiger partial charge in [-0.2, -0.15) is 0 Å². The Kier molecular flexibility index (Phi) is 7.93. The first-order chi connectivity index (χ1) is 16.5. The van der Waals surface area contributed by atoms with Crippen molar-refractivity contribution >= 4 is 34.1 Å². The molecule has 0 spiro atoms. The number of morpholine rings is 1.